The van der Waals surface area contributed by atoms with Gasteiger partial charge in [0.1, 0.15) is 6.04 Å². The van der Waals surface area contributed by atoms with E-state index in [1.165, 1.54) is 0 Å². The molecule has 0 spiro atoms. The average Bonchev–Trinajstić information content (AvgIpc) is 2.00. The Hall–Kier alpha value is -0.840. The van der Waals surface area contributed by atoms with Gasteiger partial charge >= 0.3 is 0 Å². The normalized spacial score (nSPS) is 12.5. The van der Waals surface area contributed by atoms with Crippen LogP contribution >= 0.6 is 12.2 Å². The van der Waals surface area contributed by atoms with E-state index in [9.17, 15) is 4.79 Å². The highest BCUT2D eigenvalue weighted by atomic mass is 32.1. The number of rotatable bonds is 4. The highest BCUT2D eigenvalue weighted by Gasteiger charge is 2.14. The van der Waals surface area contributed by atoms with Crippen molar-refractivity contribution in [3.8, 4) is 0 Å². The zero-order valence-corrected chi connectivity index (χ0v) is 10.9. The van der Waals surface area contributed by atoms with E-state index in [2.05, 4.69) is 16.0 Å². The molecule has 5 heteroatoms. The lowest BCUT2D eigenvalue weighted by Gasteiger charge is -2.19. The quantitative estimate of drug-likeness (QED) is 0.626. The molecule has 0 fully saturated rings. The molecule has 0 aromatic heterocycles. The fraction of sp³-hybridized carbons (Fsp3) is 0.800. The molecule has 0 aromatic carbocycles. The molecule has 0 saturated carbocycles. The van der Waals surface area contributed by atoms with Gasteiger partial charge in [-0.2, -0.15) is 0 Å². The van der Waals surface area contributed by atoms with Gasteiger partial charge in [0.25, 0.3) is 0 Å². The van der Waals surface area contributed by atoms with Crippen LogP contribution in [0.25, 0.3) is 0 Å². The van der Waals surface area contributed by atoms with Crippen molar-refractivity contribution in [3.05, 3.63) is 0 Å². The minimum absolute atomic E-state index is 0.0436. The van der Waals surface area contributed by atoms with Crippen molar-refractivity contribution in [1.29, 1.82) is 0 Å². The lowest BCUT2D eigenvalue weighted by Crippen LogP contribution is -2.50. The summed E-state index contributed by atoms with van der Waals surface area (Å²) in [6.07, 6.45) is 0. The largest absolute Gasteiger partial charge is 0.361 e. The minimum atomic E-state index is -0.314. The van der Waals surface area contributed by atoms with Gasteiger partial charge in [0.15, 0.2) is 5.11 Å². The average molecular weight is 231 g/mol. The molecule has 0 aliphatic heterocycles. The molecule has 3 N–H and O–H groups in total. The first-order valence-corrected chi connectivity index (χ1v) is 5.61. The van der Waals surface area contributed by atoms with Crippen LogP contribution in [0.3, 0.4) is 0 Å². The Morgan fingerprint density at radius 1 is 0.933 bits per heavy atom. The second kappa shape index (κ2) is 6.61. The van der Waals surface area contributed by atoms with Crippen molar-refractivity contribution in [2.24, 2.45) is 0 Å². The fourth-order valence-corrected chi connectivity index (χ4v) is 1.39. The van der Waals surface area contributed by atoms with Crippen LogP contribution < -0.4 is 16.0 Å². The summed E-state index contributed by atoms with van der Waals surface area (Å²) in [6.45, 7) is 9.62. The maximum atomic E-state index is 11.5. The summed E-state index contributed by atoms with van der Waals surface area (Å²) in [6, 6.07) is 0.102. The van der Waals surface area contributed by atoms with Gasteiger partial charge in [-0.05, 0) is 46.8 Å². The number of hydrogen-bond donors (Lipinski definition) is 3. The van der Waals surface area contributed by atoms with Gasteiger partial charge in [0.05, 0.1) is 0 Å². The predicted molar refractivity (Wildman–Crippen MR) is 66.7 cm³/mol. The van der Waals surface area contributed by atoms with Crippen LogP contribution in [-0.4, -0.2) is 29.1 Å². The lowest BCUT2D eigenvalue weighted by atomic mass is 10.3. The van der Waals surface area contributed by atoms with E-state index in [-0.39, 0.29) is 24.0 Å². The van der Waals surface area contributed by atoms with Crippen LogP contribution in [0, 0.1) is 0 Å². The van der Waals surface area contributed by atoms with E-state index in [0.717, 1.165) is 0 Å². The Morgan fingerprint density at radius 3 is 1.80 bits per heavy atom. The SMILES string of the molecule is CC(C)NC(=O)C(C)NC(=S)NC(C)C. The van der Waals surface area contributed by atoms with Gasteiger partial charge in [-0.25, -0.2) is 0 Å². The maximum absolute atomic E-state index is 11.5. The summed E-state index contributed by atoms with van der Waals surface area (Å²) in [7, 11) is 0. The van der Waals surface area contributed by atoms with Gasteiger partial charge in [-0.3, -0.25) is 4.79 Å². The zero-order chi connectivity index (χ0) is 12.0. The first kappa shape index (κ1) is 14.2. The summed E-state index contributed by atoms with van der Waals surface area (Å²) in [5, 5.41) is 9.27. The predicted octanol–water partition coefficient (Wildman–Crippen LogP) is 0.772. The van der Waals surface area contributed by atoms with Crippen molar-refractivity contribution >= 4 is 23.2 Å². The van der Waals surface area contributed by atoms with Gasteiger partial charge in [0.2, 0.25) is 5.91 Å². The van der Waals surface area contributed by atoms with Crippen LogP contribution in [0.15, 0.2) is 0 Å². The van der Waals surface area contributed by atoms with Crippen molar-refractivity contribution in [2.45, 2.75) is 52.7 Å². The highest BCUT2D eigenvalue weighted by molar-refractivity contribution is 7.80. The summed E-state index contributed by atoms with van der Waals surface area (Å²) in [5.41, 5.74) is 0. The van der Waals surface area contributed by atoms with E-state index in [0.29, 0.717) is 5.11 Å². The first-order chi connectivity index (χ1) is 6.82. The van der Waals surface area contributed by atoms with Crippen molar-refractivity contribution < 1.29 is 4.79 Å². The Balaban J connectivity index is 3.96. The van der Waals surface area contributed by atoms with Gasteiger partial charge in [0, 0.05) is 12.1 Å². The molecule has 0 bridgehead atoms. The third-order valence-electron chi connectivity index (χ3n) is 1.59. The Kier molecular flexibility index (Phi) is 6.24. The standard InChI is InChI=1S/C10H21N3OS/c1-6(2)11-9(14)8(5)13-10(15)12-7(3)4/h6-8H,1-5H3,(H,11,14)(H2,12,13,15). The van der Waals surface area contributed by atoms with Gasteiger partial charge in [-0.15, -0.1) is 0 Å². The van der Waals surface area contributed by atoms with Crippen LogP contribution in [0.2, 0.25) is 0 Å². The van der Waals surface area contributed by atoms with Gasteiger partial charge in [-0.1, -0.05) is 0 Å². The molecule has 0 saturated heterocycles. The van der Waals surface area contributed by atoms with Crippen molar-refractivity contribution in [2.75, 3.05) is 0 Å². The molecule has 0 heterocycles. The minimum Gasteiger partial charge on any atom is -0.361 e. The Morgan fingerprint density at radius 2 is 1.40 bits per heavy atom. The molecule has 1 unspecified atom stereocenters. The first-order valence-electron chi connectivity index (χ1n) is 5.20. The molecule has 0 aromatic rings. The molecule has 4 nitrogen and oxygen atoms in total. The number of amides is 1. The summed E-state index contributed by atoms with van der Waals surface area (Å²) >= 11 is 5.04. The zero-order valence-electron chi connectivity index (χ0n) is 10.0. The second-order valence-electron chi connectivity index (χ2n) is 4.16. The number of carbonyl (C=O) groups is 1. The van der Waals surface area contributed by atoms with Crippen LogP contribution in [0.5, 0.6) is 0 Å². The Bertz CT molecular complexity index is 229. The maximum Gasteiger partial charge on any atom is 0.242 e. The van der Waals surface area contributed by atoms with Crippen LogP contribution in [0.4, 0.5) is 0 Å². The molecule has 1 amide bonds. The summed E-state index contributed by atoms with van der Waals surface area (Å²) < 4.78 is 0. The molecule has 88 valence electrons. The van der Waals surface area contributed by atoms with Crippen molar-refractivity contribution in [3.63, 3.8) is 0 Å². The molecule has 15 heavy (non-hydrogen) atoms. The summed E-state index contributed by atoms with van der Waals surface area (Å²) in [5.74, 6) is -0.0436. The third-order valence-corrected chi connectivity index (χ3v) is 1.83. The van der Waals surface area contributed by atoms with E-state index >= 15 is 0 Å². The highest BCUT2D eigenvalue weighted by Crippen LogP contribution is 1.86. The number of hydrogen-bond acceptors (Lipinski definition) is 2. The van der Waals surface area contributed by atoms with Crippen LogP contribution in [0.1, 0.15) is 34.6 Å². The third kappa shape index (κ3) is 7.13. The number of thiocarbonyl (C=S) groups is 1. The molecular formula is C10H21N3OS. The fourth-order valence-electron chi connectivity index (χ4n) is 0.976. The topological polar surface area (TPSA) is 53.2 Å². The summed E-state index contributed by atoms with van der Waals surface area (Å²) in [4.78, 5) is 11.5. The monoisotopic (exact) mass is 231 g/mol. The van der Waals surface area contributed by atoms with E-state index < -0.39 is 0 Å². The number of nitrogens with one attached hydrogen (secondary N) is 3. The smallest absolute Gasteiger partial charge is 0.242 e. The van der Waals surface area contributed by atoms with E-state index in [1.54, 1.807) is 6.92 Å². The lowest BCUT2D eigenvalue weighted by molar-refractivity contribution is -0.122. The number of carbonyl (C=O) groups excluding carboxylic acids is 1. The Labute approximate surface area is 97.2 Å². The van der Waals surface area contributed by atoms with Gasteiger partial charge < -0.3 is 16.0 Å². The molecule has 1 atom stereocenters. The van der Waals surface area contributed by atoms with Crippen molar-refractivity contribution in [1.82, 2.24) is 16.0 Å². The van der Waals surface area contributed by atoms with E-state index in [1.807, 2.05) is 27.7 Å². The molecule has 0 radical (unpaired) electrons. The molecule has 0 aliphatic carbocycles. The van der Waals surface area contributed by atoms with E-state index in [4.69, 9.17) is 12.2 Å². The molecule has 0 aliphatic rings. The molecule has 0 rings (SSSR count). The molecular weight excluding hydrogens is 210 g/mol. The van der Waals surface area contributed by atoms with Crippen LogP contribution in [-0.2, 0) is 4.79 Å². The second-order valence-corrected chi connectivity index (χ2v) is 4.57.